The van der Waals surface area contributed by atoms with Gasteiger partial charge in [0.2, 0.25) is 0 Å². The van der Waals surface area contributed by atoms with Gasteiger partial charge in [-0.1, -0.05) is 18.2 Å². The van der Waals surface area contributed by atoms with Gasteiger partial charge in [-0.05, 0) is 49.4 Å². The van der Waals surface area contributed by atoms with Gasteiger partial charge in [0, 0.05) is 17.0 Å². The smallest absolute Gasteiger partial charge is 0.115 e. The van der Waals surface area contributed by atoms with E-state index in [1.165, 1.54) is 10.4 Å². The third kappa shape index (κ3) is 3.59. The van der Waals surface area contributed by atoms with E-state index in [0.717, 1.165) is 6.42 Å². The molecule has 0 aliphatic carbocycles. The van der Waals surface area contributed by atoms with Gasteiger partial charge < -0.3 is 10.4 Å². The van der Waals surface area contributed by atoms with E-state index in [4.69, 9.17) is 0 Å². The van der Waals surface area contributed by atoms with Crippen LogP contribution in [0.2, 0.25) is 0 Å². The fraction of sp³-hybridized carbons (Fsp3) is 0.333. The van der Waals surface area contributed by atoms with Crippen molar-refractivity contribution >= 4 is 11.3 Å². The van der Waals surface area contributed by atoms with E-state index in [0.29, 0.717) is 17.8 Å². The molecule has 0 bridgehead atoms. The van der Waals surface area contributed by atoms with Crippen molar-refractivity contribution in [3.8, 4) is 5.75 Å². The summed E-state index contributed by atoms with van der Waals surface area (Å²) in [5.74, 6) is 0.325. The van der Waals surface area contributed by atoms with E-state index >= 15 is 0 Å². The first-order valence-electron chi connectivity index (χ1n) is 6.22. The topological polar surface area (TPSA) is 32.3 Å². The number of phenolic OH excluding ortho intramolecular Hbond substituents is 1. The van der Waals surface area contributed by atoms with Gasteiger partial charge in [-0.25, -0.2) is 0 Å². The highest BCUT2D eigenvalue weighted by Crippen LogP contribution is 2.19. The fourth-order valence-corrected chi connectivity index (χ4v) is 2.83. The summed E-state index contributed by atoms with van der Waals surface area (Å²) >= 11 is 1.79. The van der Waals surface area contributed by atoms with E-state index in [2.05, 4.69) is 36.7 Å². The first-order valence-corrected chi connectivity index (χ1v) is 7.10. The standard InChI is InChI=1S/C15H19NOS/c1-11(10-13-5-7-14(17)8-6-13)16-12(2)15-4-3-9-18-15/h3-9,11-12,16-17H,10H2,1-2H3/t11?,12-/m1/s1. The van der Waals surface area contributed by atoms with E-state index in [1.54, 1.807) is 23.5 Å². The lowest BCUT2D eigenvalue weighted by molar-refractivity contribution is 0.472. The van der Waals surface area contributed by atoms with Crippen molar-refractivity contribution in [2.45, 2.75) is 32.4 Å². The highest BCUT2D eigenvalue weighted by molar-refractivity contribution is 7.10. The third-order valence-corrected chi connectivity index (χ3v) is 4.04. The zero-order chi connectivity index (χ0) is 13.0. The van der Waals surface area contributed by atoms with Crippen LogP contribution < -0.4 is 5.32 Å². The fourth-order valence-electron chi connectivity index (χ4n) is 2.09. The summed E-state index contributed by atoms with van der Waals surface area (Å²) in [4.78, 5) is 1.37. The van der Waals surface area contributed by atoms with Crippen molar-refractivity contribution in [2.75, 3.05) is 0 Å². The molecule has 1 aromatic heterocycles. The normalized spacial score (nSPS) is 14.3. The minimum Gasteiger partial charge on any atom is -0.508 e. The Morgan fingerprint density at radius 3 is 2.50 bits per heavy atom. The van der Waals surface area contributed by atoms with E-state index < -0.39 is 0 Å². The van der Waals surface area contributed by atoms with E-state index in [1.807, 2.05) is 12.1 Å². The average Bonchev–Trinajstić information content (AvgIpc) is 2.85. The molecular formula is C15H19NOS. The molecule has 96 valence electrons. The molecule has 2 atom stereocenters. The first-order chi connectivity index (χ1) is 8.65. The van der Waals surface area contributed by atoms with Crippen molar-refractivity contribution in [3.63, 3.8) is 0 Å². The molecule has 0 saturated carbocycles. The van der Waals surface area contributed by atoms with Crippen molar-refractivity contribution in [3.05, 3.63) is 52.2 Å². The van der Waals surface area contributed by atoms with Crippen LogP contribution in [0.15, 0.2) is 41.8 Å². The predicted molar refractivity (Wildman–Crippen MR) is 77.1 cm³/mol. The quantitative estimate of drug-likeness (QED) is 0.859. The van der Waals surface area contributed by atoms with Gasteiger partial charge in [-0.3, -0.25) is 0 Å². The summed E-state index contributed by atoms with van der Waals surface area (Å²) in [6, 6.07) is 12.5. The van der Waals surface area contributed by atoms with E-state index in [-0.39, 0.29) is 0 Å². The zero-order valence-corrected chi connectivity index (χ0v) is 11.6. The van der Waals surface area contributed by atoms with Crippen molar-refractivity contribution < 1.29 is 5.11 Å². The number of nitrogens with one attached hydrogen (secondary N) is 1. The summed E-state index contributed by atoms with van der Waals surface area (Å²) in [5, 5.41) is 14.9. The van der Waals surface area contributed by atoms with E-state index in [9.17, 15) is 5.11 Å². The zero-order valence-electron chi connectivity index (χ0n) is 10.8. The average molecular weight is 261 g/mol. The summed E-state index contributed by atoms with van der Waals surface area (Å²) in [6.07, 6.45) is 0.968. The number of hydrogen-bond acceptors (Lipinski definition) is 3. The number of phenols is 1. The van der Waals surface area contributed by atoms with Crippen LogP contribution in [0.3, 0.4) is 0 Å². The van der Waals surface area contributed by atoms with Crippen LogP contribution in [-0.2, 0) is 6.42 Å². The largest absolute Gasteiger partial charge is 0.508 e. The maximum absolute atomic E-state index is 9.25. The number of thiophene rings is 1. The third-order valence-electron chi connectivity index (χ3n) is 2.98. The van der Waals surface area contributed by atoms with Crippen LogP contribution in [0.25, 0.3) is 0 Å². The molecular weight excluding hydrogens is 242 g/mol. The van der Waals surface area contributed by atoms with Gasteiger partial charge >= 0.3 is 0 Å². The van der Waals surface area contributed by atoms with Crippen LogP contribution >= 0.6 is 11.3 Å². The molecule has 1 unspecified atom stereocenters. The number of aromatic hydroxyl groups is 1. The Morgan fingerprint density at radius 1 is 1.17 bits per heavy atom. The van der Waals surface area contributed by atoms with Gasteiger partial charge in [-0.2, -0.15) is 0 Å². The molecule has 0 radical (unpaired) electrons. The van der Waals surface area contributed by atoms with Crippen LogP contribution in [0.4, 0.5) is 0 Å². The number of benzene rings is 1. The predicted octanol–water partition coefficient (Wildman–Crippen LogP) is 3.74. The molecule has 1 heterocycles. The Hall–Kier alpha value is -1.32. The molecule has 2 nitrogen and oxygen atoms in total. The molecule has 0 saturated heterocycles. The van der Waals surface area contributed by atoms with Gasteiger partial charge in [0.15, 0.2) is 0 Å². The number of hydrogen-bond donors (Lipinski definition) is 2. The Morgan fingerprint density at radius 2 is 1.89 bits per heavy atom. The molecule has 2 rings (SSSR count). The molecule has 0 fully saturated rings. The van der Waals surface area contributed by atoms with Crippen molar-refractivity contribution in [1.82, 2.24) is 5.32 Å². The van der Waals surface area contributed by atoms with Crippen LogP contribution in [0, 0.1) is 0 Å². The Bertz CT molecular complexity index is 464. The van der Waals surface area contributed by atoms with Gasteiger partial charge in [0.25, 0.3) is 0 Å². The lowest BCUT2D eigenvalue weighted by Crippen LogP contribution is -2.30. The SMILES string of the molecule is CC(Cc1ccc(O)cc1)N[C@H](C)c1cccs1. The number of rotatable bonds is 5. The second kappa shape index (κ2) is 6.03. The maximum atomic E-state index is 9.25. The lowest BCUT2D eigenvalue weighted by Gasteiger charge is -2.19. The summed E-state index contributed by atoms with van der Waals surface area (Å²) in [7, 11) is 0. The minimum absolute atomic E-state index is 0.325. The van der Waals surface area contributed by atoms with Crippen LogP contribution in [-0.4, -0.2) is 11.1 Å². The molecule has 0 spiro atoms. The van der Waals surface area contributed by atoms with Crippen LogP contribution in [0.1, 0.15) is 30.3 Å². The summed E-state index contributed by atoms with van der Waals surface area (Å²) < 4.78 is 0. The molecule has 1 aromatic carbocycles. The van der Waals surface area contributed by atoms with Crippen LogP contribution in [0.5, 0.6) is 5.75 Å². The Balaban J connectivity index is 1.88. The second-order valence-electron chi connectivity index (χ2n) is 4.68. The van der Waals surface area contributed by atoms with Gasteiger partial charge in [0.05, 0.1) is 0 Å². The van der Waals surface area contributed by atoms with Gasteiger partial charge in [0.1, 0.15) is 5.75 Å². The molecule has 0 amide bonds. The summed E-state index contributed by atoms with van der Waals surface area (Å²) in [6.45, 7) is 4.39. The molecule has 2 N–H and O–H groups in total. The van der Waals surface area contributed by atoms with Crippen molar-refractivity contribution in [2.24, 2.45) is 0 Å². The Labute approximate surface area is 112 Å². The minimum atomic E-state index is 0.325. The molecule has 0 aliphatic rings. The first kappa shape index (κ1) is 13.1. The molecule has 0 aliphatic heterocycles. The molecule has 2 aromatic rings. The highest BCUT2D eigenvalue weighted by Gasteiger charge is 2.10. The highest BCUT2D eigenvalue weighted by atomic mass is 32.1. The second-order valence-corrected chi connectivity index (χ2v) is 5.65. The Kier molecular flexibility index (Phi) is 4.39. The maximum Gasteiger partial charge on any atom is 0.115 e. The van der Waals surface area contributed by atoms with Crippen molar-refractivity contribution in [1.29, 1.82) is 0 Å². The molecule has 3 heteroatoms. The monoisotopic (exact) mass is 261 g/mol. The molecule has 18 heavy (non-hydrogen) atoms. The van der Waals surface area contributed by atoms with Gasteiger partial charge in [-0.15, -0.1) is 11.3 Å². The summed E-state index contributed by atoms with van der Waals surface area (Å²) in [5.41, 5.74) is 1.24. The lowest BCUT2D eigenvalue weighted by atomic mass is 10.1.